The van der Waals surface area contributed by atoms with E-state index in [1.165, 1.54) is 7.11 Å². The number of benzene rings is 2. The van der Waals surface area contributed by atoms with Crippen molar-refractivity contribution in [1.82, 2.24) is 0 Å². The van der Waals surface area contributed by atoms with Crippen molar-refractivity contribution in [2.24, 2.45) is 0 Å². The van der Waals surface area contributed by atoms with Crippen LogP contribution in [0.4, 0.5) is 14.5 Å². The van der Waals surface area contributed by atoms with Crippen LogP contribution in [0.3, 0.4) is 0 Å². The maximum absolute atomic E-state index is 13.1. The number of para-hydroxylation sites is 2. The smallest absolute Gasteiger partial charge is 0.248 e. The van der Waals surface area contributed by atoms with E-state index < -0.39 is 23.3 Å². The Bertz CT molecular complexity index is 772. The third-order valence-electron chi connectivity index (χ3n) is 2.96. The summed E-state index contributed by atoms with van der Waals surface area (Å²) in [6.45, 7) is 0. The number of nitrogens with one attached hydrogen (secondary N) is 1. The van der Waals surface area contributed by atoms with Gasteiger partial charge in [-0.3, -0.25) is 9.59 Å². The molecule has 2 aromatic rings. The molecule has 0 heterocycles. The van der Waals surface area contributed by atoms with Gasteiger partial charge in [0.25, 0.3) is 0 Å². The molecule has 2 aromatic carbocycles. The second-order valence-corrected chi connectivity index (χ2v) is 4.52. The number of carbonyl (C=O) groups is 2. The molecule has 0 fully saturated rings. The number of hydrogen-bond donors (Lipinski definition) is 1. The molecule has 4 nitrogen and oxygen atoms in total. The van der Waals surface area contributed by atoms with Gasteiger partial charge in [0, 0.05) is 11.6 Å². The zero-order chi connectivity index (χ0) is 16.8. The molecule has 0 aliphatic heterocycles. The Morgan fingerprint density at radius 2 is 1.78 bits per heavy atom. The molecule has 0 bridgehead atoms. The van der Waals surface area contributed by atoms with Crippen LogP contribution in [0.1, 0.15) is 10.4 Å². The van der Waals surface area contributed by atoms with Crippen molar-refractivity contribution < 1.29 is 23.1 Å². The predicted octanol–water partition coefficient (Wildman–Crippen LogP) is 3.35. The summed E-state index contributed by atoms with van der Waals surface area (Å²) in [6.07, 6.45) is 1.99. The highest BCUT2D eigenvalue weighted by Crippen LogP contribution is 2.22. The van der Waals surface area contributed by atoms with Crippen molar-refractivity contribution in [3.05, 3.63) is 71.8 Å². The molecule has 6 heteroatoms. The van der Waals surface area contributed by atoms with E-state index >= 15 is 0 Å². The van der Waals surface area contributed by atoms with Gasteiger partial charge in [-0.25, -0.2) is 8.78 Å². The highest BCUT2D eigenvalue weighted by Gasteiger charge is 2.08. The van der Waals surface area contributed by atoms with Gasteiger partial charge in [0.1, 0.15) is 5.75 Å². The molecule has 118 valence electrons. The Labute approximate surface area is 131 Å². The van der Waals surface area contributed by atoms with E-state index in [0.717, 1.165) is 30.4 Å². The van der Waals surface area contributed by atoms with Crippen LogP contribution < -0.4 is 10.1 Å². The normalized spacial score (nSPS) is 10.6. The third-order valence-corrected chi connectivity index (χ3v) is 2.96. The Hall–Kier alpha value is -3.02. The molecule has 0 radical (unpaired) electrons. The van der Waals surface area contributed by atoms with Crippen LogP contribution in [0.2, 0.25) is 0 Å². The van der Waals surface area contributed by atoms with Crippen molar-refractivity contribution in [1.29, 1.82) is 0 Å². The largest absolute Gasteiger partial charge is 0.495 e. The van der Waals surface area contributed by atoms with Crippen LogP contribution >= 0.6 is 0 Å². The summed E-state index contributed by atoms with van der Waals surface area (Å²) in [5.74, 6) is -2.85. The maximum Gasteiger partial charge on any atom is 0.248 e. The van der Waals surface area contributed by atoms with Gasteiger partial charge < -0.3 is 10.1 Å². The Morgan fingerprint density at radius 3 is 2.48 bits per heavy atom. The number of carbonyl (C=O) groups excluding carboxylic acids is 2. The summed E-state index contributed by atoms with van der Waals surface area (Å²) in [6, 6.07) is 9.55. The summed E-state index contributed by atoms with van der Waals surface area (Å²) < 4.78 is 31.0. The molecule has 0 saturated heterocycles. The second kappa shape index (κ2) is 7.31. The average molecular weight is 317 g/mol. The first-order valence-electron chi connectivity index (χ1n) is 6.62. The van der Waals surface area contributed by atoms with Gasteiger partial charge in [0.2, 0.25) is 5.91 Å². The molecule has 0 aliphatic rings. The van der Waals surface area contributed by atoms with Crippen molar-refractivity contribution >= 4 is 17.4 Å². The second-order valence-electron chi connectivity index (χ2n) is 4.52. The van der Waals surface area contributed by atoms with Crippen LogP contribution in [0.5, 0.6) is 5.75 Å². The number of methoxy groups -OCH3 is 1. The molecular formula is C17H13F2NO3. The number of amides is 1. The van der Waals surface area contributed by atoms with Gasteiger partial charge in [-0.1, -0.05) is 12.1 Å². The fraction of sp³-hybridized carbons (Fsp3) is 0.0588. The monoisotopic (exact) mass is 317 g/mol. The Kier molecular flexibility index (Phi) is 5.19. The molecular weight excluding hydrogens is 304 g/mol. The molecule has 23 heavy (non-hydrogen) atoms. The number of ether oxygens (including phenoxy) is 1. The molecule has 0 spiro atoms. The minimum absolute atomic E-state index is 0.0507. The fourth-order valence-electron chi connectivity index (χ4n) is 1.82. The number of halogens is 2. The first kappa shape index (κ1) is 16.4. The summed E-state index contributed by atoms with van der Waals surface area (Å²) in [4.78, 5) is 23.6. The molecule has 1 amide bonds. The van der Waals surface area contributed by atoms with E-state index in [-0.39, 0.29) is 5.56 Å². The zero-order valence-electron chi connectivity index (χ0n) is 12.2. The molecule has 1 N–H and O–H groups in total. The van der Waals surface area contributed by atoms with Crippen molar-refractivity contribution in [3.63, 3.8) is 0 Å². The van der Waals surface area contributed by atoms with Gasteiger partial charge in [-0.05, 0) is 36.4 Å². The van der Waals surface area contributed by atoms with Crippen LogP contribution in [0, 0.1) is 11.6 Å². The summed E-state index contributed by atoms with van der Waals surface area (Å²) >= 11 is 0. The summed E-state index contributed by atoms with van der Waals surface area (Å²) in [5.41, 5.74) is 0.398. The third kappa shape index (κ3) is 4.23. The molecule has 0 aromatic heterocycles. The van der Waals surface area contributed by atoms with Crippen LogP contribution in [0.25, 0.3) is 0 Å². The van der Waals surface area contributed by atoms with Crippen LogP contribution in [-0.2, 0) is 4.79 Å². The van der Waals surface area contributed by atoms with E-state index in [1.807, 2.05) is 0 Å². The highest BCUT2D eigenvalue weighted by molar-refractivity contribution is 6.10. The lowest BCUT2D eigenvalue weighted by atomic mass is 10.1. The molecule has 0 saturated carbocycles. The lowest BCUT2D eigenvalue weighted by Gasteiger charge is -2.07. The lowest BCUT2D eigenvalue weighted by molar-refractivity contribution is -0.111. The number of hydrogen-bond acceptors (Lipinski definition) is 3. The summed E-state index contributed by atoms with van der Waals surface area (Å²) in [7, 11) is 1.47. The van der Waals surface area contributed by atoms with E-state index in [0.29, 0.717) is 11.4 Å². The number of rotatable bonds is 5. The Morgan fingerprint density at radius 1 is 1.04 bits per heavy atom. The highest BCUT2D eigenvalue weighted by atomic mass is 19.2. The van der Waals surface area contributed by atoms with Crippen molar-refractivity contribution in [2.75, 3.05) is 12.4 Å². The standard InChI is InChI=1S/C17H13F2NO3/c1-23-16-5-3-2-4-14(16)20-17(22)9-8-15(21)11-6-7-12(18)13(19)10-11/h2-10H,1H3,(H,20,22). The SMILES string of the molecule is COc1ccccc1NC(=O)C=CC(=O)c1ccc(F)c(F)c1. The van der Waals surface area contributed by atoms with Crippen LogP contribution in [0.15, 0.2) is 54.6 Å². The van der Waals surface area contributed by atoms with Crippen molar-refractivity contribution in [2.45, 2.75) is 0 Å². The minimum atomic E-state index is -1.12. The lowest BCUT2D eigenvalue weighted by Crippen LogP contribution is -2.09. The van der Waals surface area contributed by atoms with Gasteiger partial charge in [0.15, 0.2) is 17.4 Å². The predicted molar refractivity (Wildman–Crippen MR) is 81.5 cm³/mol. The maximum atomic E-state index is 13.1. The van der Waals surface area contributed by atoms with E-state index in [1.54, 1.807) is 24.3 Å². The number of anilines is 1. The topological polar surface area (TPSA) is 55.4 Å². The average Bonchev–Trinajstić information content (AvgIpc) is 2.55. The Balaban J connectivity index is 2.05. The number of ketones is 1. The molecule has 0 atom stereocenters. The van der Waals surface area contributed by atoms with Crippen molar-refractivity contribution in [3.8, 4) is 5.75 Å². The van der Waals surface area contributed by atoms with Crippen LogP contribution in [-0.4, -0.2) is 18.8 Å². The summed E-state index contributed by atoms with van der Waals surface area (Å²) in [5, 5.41) is 2.55. The molecule has 0 aliphatic carbocycles. The van der Waals surface area contributed by atoms with Gasteiger partial charge in [-0.15, -0.1) is 0 Å². The van der Waals surface area contributed by atoms with Gasteiger partial charge >= 0.3 is 0 Å². The quantitative estimate of drug-likeness (QED) is 0.679. The van der Waals surface area contributed by atoms with E-state index in [4.69, 9.17) is 4.74 Å². The van der Waals surface area contributed by atoms with Gasteiger partial charge in [-0.2, -0.15) is 0 Å². The molecule has 2 rings (SSSR count). The van der Waals surface area contributed by atoms with E-state index in [9.17, 15) is 18.4 Å². The first-order valence-corrected chi connectivity index (χ1v) is 6.62. The molecule has 0 unspecified atom stereocenters. The minimum Gasteiger partial charge on any atom is -0.495 e. The zero-order valence-corrected chi connectivity index (χ0v) is 12.2. The first-order chi connectivity index (χ1) is 11.0. The fourth-order valence-corrected chi connectivity index (χ4v) is 1.82. The van der Waals surface area contributed by atoms with Gasteiger partial charge in [0.05, 0.1) is 12.8 Å². The van der Waals surface area contributed by atoms with E-state index in [2.05, 4.69) is 5.32 Å². The number of allylic oxidation sites excluding steroid dienone is 1.